The number of hydrogen-bond donors (Lipinski definition) is 2. The first-order valence-corrected chi connectivity index (χ1v) is 13.6. The van der Waals surface area contributed by atoms with Crippen molar-refractivity contribution < 1.29 is 28.5 Å². The monoisotopic (exact) mass is 533 g/mol. The van der Waals surface area contributed by atoms with E-state index in [1.165, 1.54) is 12.1 Å². The average molecular weight is 534 g/mol. The fraction of sp³-hybridized carbons (Fsp3) is 0.214. The summed E-state index contributed by atoms with van der Waals surface area (Å²) in [6.45, 7) is 2.05. The Labute approximate surface area is 221 Å². The van der Waals surface area contributed by atoms with E-state index in [-0.39, 0.29) is 25.6 Å². The zero-order valence-corrected chi connectivity index (χ0v) is 21.4. The molecule has 0 unspecified atom stereocenters. The van der Waals surface area contributed by atoms with Gasteiger partial charge in [-0.25, -0.2) is 18.1 Å². The Bertz CT molecular complexity index is 1630. The highest BCUT2D eigenvalue weighted by molar-refractivity contribution is 7.89. The highest BCUT2D eigenvalue weighted by atomic mass is 32.2. The van der Waals surface area contributed by atoms with E-state index in [4.69, 9.17) is 13.9 Å². The van der Waals surface area contributed by atoms with Crippen LogP contribution >= 0.6 is 0 Å². The number of aromatic nitrogens is 1. The number of carbonyl (C=O) groups is 1. The maximum atomic E-state index is 13.3. The summed E-state index contributed by atoms with van der Waals surface area (Å²) >= 11 is 0. The number of nitrogens with zero attached hydrogens (tertiary/aromatic N) is 1. The molecule has 0 atom stereocenters. The zero-order valence-electron chi connectivity index (χ0n) is 20.6. The van der Waals surface area contributed by atoms with Crippen LogP contribution in [0.1, 0.15) is 31.4 Å². The summed E-state index contributed by atoms with van der Waals surface area (Å²) in [5.41, 5.74) is 1.61. The van der Waals surface area contributed by atoms with Crippen molar-refractivity contribution in [3.63, 3.8) is 0 Å². The summed E-state index contributed by atoms with van der Waals surface area (Å²) in [5.74, 6) is 2.89. The second-order valence-corrected chi connectivity index (χ2v) is 11.1. The van der Waals surface area contributed by atoms with Crippen molar-refractivity contribution >= 4 is 21.7 Å². The smallest absolute Gasteiger partial charge is 0.240 e. The number of furan rings is 1. The minimum Gasteiger partial charge on any atom is -0.465 e. The Morgan fingerprint density at radius 3 is 2.53 bits per heavy atom. The number of aryl methyl sites for hydroxylation is 1. The van der Waals surface area contributed by atoms with Gasteiger partial charge in [0.15, 0.2) is 11.5 Å². The van der Waals surface area contributed by atoms with Crippen molar-refractivity contribution in [2.45, 2.75) is 36.6 Å². The highest BCUT2D eigenvalue weighted by Gasteiger charge is 2.51. The van der Waals surface area contributed by atoms with Crippen LogP contribution in [0.4, 0.5) is 5.82 Å². The van der Waals surface area contributed by atoms with Gasteiger partial charge in [-0.05, 0) is 73.9 Å². The Kier molecular flexibility index (Phi) is 5.93. The molecular weight excluding hydrogens is 506 g/mol. The minimum absolute atomic E-state index is 0. The molecule has 1 fully saturated rings. The van der Waals surface area contributed by atoms with Crippen molar-refractivity contribution in [1.29, 1.82) is 0 Å². The number of rotatable bonds is 8. The summed E-state index contributed by atoms with van der Waals surface area (Å²) < 4.78 is 44.2. The van der Waals surface area contributed by atoms with Gasteiger partial charge in [0.2, 0.25) is 22.7 Å². The van der Waals surface area contributed by atoms with Crippen molar-refractivity contribution in [3.05, 3.63) is 89.9 Å². The van der Waals surface area contributed by atoms with Crippen molar-refractivity contribution in [1.82, 2.24) is 9.71 Å². The minimum atomic E-state index is -3.72. The van der Waals surface area contributed by atoms with Crippen LogP contribution in [0, 0.1) is 6.92 Å². The third kappa shape index (κ3) is 4.64. The molecule has 1 amide bonds. The molecule has 196 valence electrons. The van der Waals surface area contributed by atoms with Gasteiger partial charge in [0.05, 0.1) is 22.5 Å². The summed E-state index contributed by atoms with van der Waals surface area (Å²) in [6, 6.07) is 20.9. The standard InChI is InChI=1S/C28H25N3O6S.H2/c1-18-5-9-21(37-18)16-29-38(33,34)22-10-6-19(7-11-22)23-3-2-4-26(30-23)31-27(32)28(13-14-28)20-8-12-24-25(15-20)36-17-35-24;/h2-12,15,29H,13-14,16-17H2,1H3,(H,30,31,32);1H. The van der Waals surface area contributed by atoms with Gasteiger partial charge in [0, 0.05) is 6.99 Å². The predicted octanol–water partition coefficient (Wildman–Crippen LogP) is 4.77. The Balaban J connectivity index is 0.00000308. The lowest BCUT2D eigenvalue weighted by molar-refractivity contribution is -0.118. The van der Waals surface area contributed by atoms with Crippen LogP contribution in [0.2, 0.25) is 0 Å². The van der Waals surface area contributed by atoms with Crippen LogP contribution in [0.15, 0.2) is 82.1 Å². The lowest BCUT2D eigenvalue weighted by atomic mass is 9.94. The van der Waals surface area contributed by atoms with E-state index >= 15 is 0 Å². The molecule has 9 nitrogen and oxygen atoms in total. The first kappa shape index (κ1) is 24.2. The van der Waals surface area contributed by atoms with Crippen LogP contribution in [-0.2, 0) is 26.8 Å². The van der Waals surface area contributed by atoms with Crippen molar-refractivity contribution in [2.75, 3.05) is 12.1 Å². The molecule has 2 aliphatic rings. The molecule has 0 radical (unpaired) electrons. The van der Waals surface area contributed by atoms with E-state index in [1.54, 1.807) is 49.4 Å². The fourth-order valence-corrected chi connectivity index (χ4v) is 5.49. The van der Waals surface area contributed by atoms with E-state index in [0.717, 1.165) is 29.7 Å². The second-order valence-electron chi connectivity index (χ2n) is 9.37. The van der Waals surface area contributed by atoms with Gasteiger partial charge >= 0.3 is 0 Å². The fourth-order valence-electron chi connectivity index (χ4n) is 4.50. The maximum Gasteiger partial charge on any atom is 0.240 e. The summed E-state index contributed by atoms with van der Waals surface area (Å²) in [5, 5.41) is 2.95. The second kappa shape index (κ2) is 9.30. The van der Waals surface area contributed by atoms with Crippen LogP contribution in [0.3, 0.4) is 0 Å². The molecule has 10 heteroatoms. The van der Waals surface area contributed by atoms with Gasteiger partial charge in [-0.15, -0.1) is 0 Å². The van der Waals surface area contributed by atoms with Gasteiger partial charge in [-0.1, -0.05) is 24.3 Å². The Morgan fingerprint density at radius 1 is 1.00 bits per heavy atom. The molecule has 2 N–H and O–H groups in total. The zero-order chi connectivity index (χ0) is 26.3. The molecule has 1 saturated carbocycles. The van der Waals surface area contributed by atoms with Crippen molar-refractivity contribution in [2.24, 2.45) is 0 Å². The number of nitrogens with one attached hydrogen (secondary N) is 2. The number of ether oxygens (including phenoxy) is 2. The summed E-state index contributed by atoms with van der Waals surface area (Å²) in [4.78, 5) is 18.0. The topological polar surface area (TPSA) is 120 Å². The number of carbonyl (C=O) groups excluding carboxylic acids is 1. The highest BCUT2D eigenvalue weighted by Crippen LogP contribution is 2.51. The van der Waals surface area contributed by atoms with Gasteiger partial charge in [-0.3, -0.25) is 4.79 Å². The Morgan fingerprint density at radius 2 is 1.79 bits per heavy atom. The van der Waals surface area contributed by atoms with Crippen LogP contribution in [0.25, 0.3) is 11.3 Å². The number of hydrogen-bond acceptors (Lipinski definition) is 7. The lowest BCUT2D eigenvalue weighted by Crippen LogP contribution is -2.28. The molecule has 1 aliphatic heterocycles. The first-order chi connectivity index (χ1) is 18.3. The molecular formula is C28H27N3O6S. The molecule has 0 spiro atoms. The quantitative estimate of drug-likeness (QED) is 0.335. The SMILES string of the molecule is Cc1ccc(CNS(=O)(=O)c2ccc(-c3cccc(NC(=O)C4(c5ccc6c(c5)OCO6)CC4)n3)cc2)o1.[HH]. The molecule has 3 heterocycles. The number of anilines is 1. The molecule has 1 aliphatic carbocycles. The maximum absolute atomic E-state index is 13.3. The predicted molar refractivity (Wildman–Crippen MR) is 141 cm³/mol. The number of pyridine rings is 1. The number of benzene rings is 2. The molecule has 2 aromatic carbocycles. The molecule has 38 heavy (non-hydrogen) atoms. The number of amides is 1. The van der Waals surface area contributed by atoms with Gasteiger partial charge in [0.25, 0.3) is 0 Å². The Hall–Kier alpha value is -4.15. The van der Waals surface area contributed by atoms with Crippen LogP contribution < -0.4 is 19.5 Å². The van der Waals surface area contributed by atoms with E-state index in [0.29, 0.717) is 28.8 Å². The van der Waals surface area contributed by atoms with Crippen molar-refractivity contribution in [3.8, 4) is 22.8 Å². The van der Waals surface area contributed by atoms with E-state index in [2.05, 4.69) is 15.0 Å². The molecule has 0 bridgehead atoms. The number of fused-ring (bicyclic) bond motifs is 1. The average Bonchev–Trinajstić information content (AvgIpc) is 3.42. The summed E-state index contributed by atoms with van der Waals surface area (Å²) in [7, 11) is -3.72. The molecule has 6 rings (SSSR count). The largest absolute Gasteiger partial charge is 0.465 e. The third-order valence-electron chi connectivity index (χ3n) is 6.79. The molecule has 0 saturated heterocycles. The van der Waals surface area contributed by atoms with Gasteiger partial charge < -0.3 is 19.2 Å². The van der Waals surface area contributed by atoms with E-state index < -0.39 is 15.4 Å². The normalized spacial score (nSPS) is 15.3. The first-order valence-electron chi connectivity index (χ1n) is 12.2. The van der Waals surface area contributed by atoms with Crippen LogP contribution in [-0.4, -0.2) is 26.1 Å². The van der Waals surface area contributed by atoms with Gasteiger partial charge in [-0.2, -0.15) is 0 Å². The third-order valence-corrected chi connectivity index (χ3v) is 8.21. The van der Waals surface area contributed by atoms with Crippen LogP contribution in [0.5, 0.6) is 11.5 Å². The van der Waals surface area contributed by atoms with E-state index in [1.807, 2.05) is 18.2 Å². The van der Waals surface area contributed by atoms with E-state index in [9.17, 15) is 13.2 Å². The molecule has 2 aromatic heterocycles. The molecule has 4 aromatic rings. The lowest BCUT2D eigenvalue weighted by Gasteiger charge is -2.16. The van der Waals surface area contributed by atoms with Gasteiger partial charge in [0.1, 0.15) is 17.3 Å². The summed E-state index contributed by atoms with van der Waals surface area (Å²) in [6.07, 6.45) is 1.48. The number of sulfonamides is 1.